The molecule has 1 atom stereocenters. The minimum absolute atomic E-state index is 0.389. The molecule has 0 saturated heterocycles. The van der Waals surface area contributed by atoms with E-state index in [2.05, 4.69) is 52.4 Å². The van der Waals surface area contributed by atoms with E-state index >= 15 is 0 Å². The summed E-state index contributed by atoms with van der Waals surface area (Å²) in [5, 5.41) is 3.44. The predicted molar refractivity (Wildman–Crippen MR) is 72.6 cm³/mol. The third kappa shape index (κ3) is 2.23. The quantitative estimate of drug-likeness (QED) is 0.821. The number of nitrogens with one attached hydrogen (secondary N) is 1. The van der Waals surface area contributed by atoms with Gasteiger partial charge in [0, 0.05) is 4.47 Å². The maximum Gasteiger partial charge on any atom is 0.0536 e. The van der Waals surface area contributed by atoms with Crippen LogP contribution in [0.3, 0.4) is 0 Å². The Balaban J connectivity index is 2.36. The normalized spacial score (nSPS) is 17.3. The highest BCUT2D eigenvalue weighted by Crippen LogP contribution is 2.33. The molecular weight excluding hydrogens is 262 g/mol. The van der Waals surface area contributed by atoms with Crippen LogP contribution in [0.25, 0.3) is 0 Å². The zero-order chi connectivity index (χ0) is 11.5. The number of benzene rings is 1. The molecule has 2 rings (SSSR count). The molecule has 0 amide bonds. The second kappa shape index (κ2) is 5.15. The summed E-state index contributed by atoms with van der Waals surface area (Å²) in [6.07, 6.45) is 6.17. The Kier molecular flexibility index (Phi) is 3.82. The van der Waals surface area contributed by atoms with Crippen molar-refractivity contribution in [1.29, 1.82) is 0 Å². The van der Waals surface area contributed by atoms with E-state index < -0.39 is 0 Å². The summed E-state index contributed by atoms with van der Waals surface area (Å²) >= 11 is 3.60. The topological polar surface area (TPSA) is 12.0 Å². The number of hydrogen-bond donors (Lipinski definition) is 1. The molecule has 1 aromatic rings. The number of halogens is 1. The fraction of sp³-hybridized carbons (Fsp3) is 0.429. The third-order valence-electron chi connectivity index (χ3n) is 3.36. The van der Waals surface area contributed by atoms with Crippen molar-refractivity contribution in [3.63, 3.8) is 0 Å². The molecule has 0 spiro atoms. The summed E-state index contributed by atoms with van der Waals surface area (Å²) in [5.41, 5.74) is 4.28. The van der Waals surface area contributed by atoms with Crippen LogP contribution in [0.1, 0.15) is 36.4 Å². The molecule has 0 heterocycles. The number of allylic oxidation sites excluding steroid dienone is 1. The molecule has 0 aromatic heterocycles. The number of hydrogen-bond acceptors (Lipinski definition) is 1. The van der Waals surface area contributed by atoms with E-state index in [1.165, 1.54) is 34.9 Å². The van der Waals surface area contributed by atoms with Gasteiger partial charge in [-0.2, -0.15) is 0 Å². The van der Waals surface area contributed by atoms with Crippen molar-refractivity contribution in [1.82, 2.24) is 5.32 Å². The van der Waals surface area contributed by atoms with E-state index in [0.717, 1.165) is 0 Å². The molecule has 1 nitrogen and oxygen atoms in total. The second-order valence-electron chi connectivity index (χ2n) is 4.35. The van der Waals surface area contributed by atoms with Crippen LogP contribution in [0.15, 0.2) is 34.3 Å². The molecule has 0 fully saturated rings. The standard InChI is InChI=1S/C14H18BrN/c1-10-12(8-5-9-13(10)15)14(16-2)11-6-3-4-7-11/h5-6,8-9,14,16H,3-4,7H2,1-2H3. The van der Waals surface area contributed by atoms with Crippen LogP contribution in [0, 0.1) is 6.92 Å². The van der Waals surface area contributed by atoms with Gasteiger partial charge in [0.1, 0.15) is 0 Å². The molecule has 86 valence electrons. The SMILES string of the molecule is CNC(C1=CCCC1)c1cccc(Br)c1C. The van der Waals surface area contributed by atoms with E-state index in [0.29, 0.717) is 6.04 Å². The molecular formula is C14H18BrN. The summed E-state index contributed by atoms with van der Waals surface area (Å²) in [6, 6.07) is 6.83. The lowest BCUT2D eigenvalue weighted by Crippen LogP contribution is -2.19. The Hall–Kier alpha value is -0.600. The van der Waals surface area contributed by atoms with Crippen molar-refractivity contribution in [3.8, 4) is 0 Å². The fourth-order valence-corrected chi connectivity index (χ4v) is 2.82. The lowest BCUT2D eigenvalue weighted by Gasteiger charge is -2.21. The largest absolute Gasteiger partial charge is 0.310 e. The first-order valence-corrected chi connectivity index (χ1v) is 6.64. The maximum atomic E-state index is 3.60. The van der Waals surface area contributed by atoms with Crippen molar-refractivity contribution < 1.29 is 0 Å². The zero-order valence-electron chi connectivity index (χ0n) is 9.89. The molecule has 1 aliphatic rings. The van der Waals surface area contributed by atoms with Crippen LogP contribution in [-0.4, -0.2) is 7.05 Å². The van der Waals surface area contributed by atoms with Crippen LogP contribution in [0.5, 0.6) is 0 Å². The molecule has 1 aliphatic carbocycles. The van der Waals surface area contributed by atoms with Gasteiger partial charge in [-0.3, -0.25) is 0 Å². The van der Waals surface area contributed by atoms with Gasteiger partial charge in [0.05, 0.1) is 6.04 Å². The van der Waals surface area contributed by atoms with Crippen molar-refractivity contribution in [2.45, 2.75) is 32.2 Å². The van der Waals surface area contributed by atoms with Gasteiger partial charge in [-0.05, 0) is 50.4 Å². The summed E-state index contributed by atoms with van der Waals surface area (Å²) in [6.45, 7) is 2.18. The molecule has 0 radical (unpaired) electrons. The Morgan fingerprint density at radius 1 is 1.38 bits per heavy atom. The highest BCUT2D eigenvalue weighted by molar-refractivity contribution is 9.10. The van der Waals surface area contributed by atoms with E-state index in [1.54, 1.807) is 5.57 Å². The summed E-state index contributed by atoms with van der Waals surface area (Å²) < 4.78 is 1.20. The van der Waals surface area contributed by atoms with E-state index in [1.807, 2.05) is 7.05 Å². The van der Waals surface area contributed by atoms with Gasteiger partial charge in [-0.25, -0.2) is 0 Å². The van der Waals surface area contributed by atoms with Gasteiger partial charge < -0.3 is 5.32 Å². The zero-order valence-corrected chi connectivity index (χ0v) is 11.5. The van der Waals surface area contributed by atoms with Crippen LogP contribution < -0.4 is 5.32 Å². The predicted octanol–water partition coefficient (Wildman–Crippen LogP) is 4.13. The average Bonchev–Trinajstić information content (AvgIpc) is 2.79. The first kappa shape index (κ1) is 11.9. The van der Waals surface area contributed by atoms with Crippen molar-refractivity contribution in [2.24, 2.45) is 0 Å². The van der Waals surface area contributed by atoms with E-state index in [-0.39, 0.29) is 0 Å². The van der Waals surface area contributed by atoms with Gasteiger partial charge in [0.25, 0.3) is 0 Å². The Labute approximate surface area is 106 Å². The molecule has 1 aromatic carbocycles. The lowest BCUT2D eigenvalue weighted by atomic mass is 9.94. The van der Waals surface area contributed by atoms with Crippen molar-refractivity contribution in [2.75, 3.05) is 7.05 Å². The highest BCUT2D eigenvalue weighted by atomic mass is 79.9. The average molecular weight is 280 g/mol. The second-order valence-corrected chi connectivity index (χ2v) is 5.20. The smallest absolute Gasteiger partial charge is 0.0536 e. The fourth-order valence-electron chi connectivity index (χ4n) is 2.44. The highest BCUT2D eigenvalue weighted by Gasteiger charge is 2.19. The van der Waals surface area contributed by atoms with Crippen molar-refractivity contribution >= 4 is 15.9 Å². The van der Waals surface area contributed by atoms with Gasteiger partial charge in [-0.1, -0.05) is 39.7 Å². The first-order chi connectivity index (χ1) is 7.74. The van der Waals surface area contributed by atoms with E-state index in [9.17, 15) is 0 Å². The molecule has 1 N–H and O–H groups in total. The Bertz CT molecular complexity index is 409. The number of likely N-dealkylation sites (N-methyl/N-ethyl adjacent to an activating group) is 1. The first-order valence-electron chi connectivity index (χ1n) is 5.85. The summed E-state index contributed by atoms with van der Waals surface area (Å²) in [4.78, 5) is 0. The minimum Gasteiger partial charge on any atom is -0.310 e. The van der Waals surface area contributed by atoms with Crippen LogP contribution in [0.2, 0.25) is 0 Å². The summed E-state index contributed by atoms with van der Waals surface area (Å²) in [7, 11) is 2.05. The van der Waals surface area contributed by atoms with Crippen molar-refractivity contribution in [3.05, 3.63) is 45.4 Å². The van der Waals surface area contributed by atoms with E-state index in [4.69, 9.17) is 0 Å². The minimum atomic E-state index is 0.389. The molecule has 1 unspecified atom stereocenters. The Morgan fingerprint density at radius 3 is 2.81 bits per heavy atom. The van der Waals surface area contributed by atoms with Crippen LogP contribution >= 0.6 is 15.9 Å². The monoisotopic (exact) mass is 279 g/mol. The van der Waals surface area contributed by atoms with Gasteiger partial charge >= 0.3 is 0 Å². The van der Waals surface area contributed by atoms with Gasteiger partial charge in [0.2, 0.25) is 0 Å². The molecule has 0 bridgehead atoms. The Morgan fingerprint density at radius 2 is 2.19 bits per heavy atom. The molecule has 16 heavy (non-hydrogen) atoms. The summed E-state index contributed by atoms with van der Waals surface area (Å²) in [5.74, 6) is 0. The lowest BCUT2D eigenvalue weighted by molar-refractivity contribution is 0.652. The van der Waals surface area contributed by atoms with Gasteiger partial charge in [0.15, 0.2) is 0 Å². The molecule has 2 heteroatoms. The van der Waals surface area contributed by atoms with Crippen LogP contribution in [-0.2, 0) is 0 Å². The van der Waals surface area contributed by atoms with Crippen LogP contribution in [0.4, 0.5) is 0 Å². The number of rotatable bonds is 3. The van der Waals surface area contributed by atoms with Gasteiger partial charge in [-0.15, -0.1) is 0 Å². The molecule has 0 saturated carbocycles. The third-order valence-corrected chi connectivity index (χ3v) is 4.22. The molecule has 0 aliphatic heterocycles. The maximum absolute atomic E-state index is 3.60.